The van der Waals surface area contributed by atoms with Crippen LogP contribution in [0.2, 0.25) is 0 Å². The lowest BCUT2D eigenvalue weighted by Crippen LogP contribution is -1.94. The van der Waals surface area contributed by atoms with E-state index in [0.717, 1.165) is 0 Å². The summed E-state index contributed by atoms with van der Waals surface area (Å²) in [5.41, 5.74) is -0.439. The zero-order chi connectivity index (χ0) is 13.3. The highest BCUT2D eigenvalue weighted by atomic mass is 19.1. The van der Waals surface area contributed by atoms with Crippen molar-refractivity contribution < 1.29 is 22.4 Å². The first-order valence-corrected chi connectivity index (χ1v) is 5.20. The van der Waals surface area contributed by atoms with E-state index in [4.69, 9.17) is 4.42 Å². The SMILES string of the molecule is CC(=O)Cc1ccc(-c2c(F)cc(F)cc2F)o1. The summed E-state index contributed by atoms with van der Waals surface area (Å²) in [6.45, 7) is 1.38. The summed E-state index contributed by atoms with van der Waals surface area (Å²) in [5, 5.41) is 0. The van der Waals surface area contributed by atoms with Gasteiger partial charge in [0, 0.05) is 12.1 Å². The number of ketones is 1. The second-order valence-electron chi connectivity index (χ2n) is 3.89. The average Bonchev–Trinajstić information content (AvgIpc) is 2.63. The third kappa shape index (κ3) is 2.45. The Morgan fingerprint density at radius 3 is 2.33 bits per heavy atom. The molecule has 0 unspecified atom stereocenters. The molecule has 0 radical (unpaired) electrons. The van der Waals surface area contributed by atoms with Crippen molar-refractivity contribution in [2.45, 2.75) is 13.3 Å². The van der Waals surface area contributed by atoms with Crippen LogP contribution in [0.1, 0.15) is 12.7 Å². The highest BCUT2D eigenvalue weighted by Crippen LogP contribution is 2.28. The number of furan rings is 1. The van der Waals surface area contributed by atoms with E-state index in [2.05, 4.69) is 0 Å². The third-order valence-corrected chi connectivity index (χ3v) is 2.34. The number of benzene rings is 1. The molecule has 5 heteroatoms. The van der Waals surface area contributed by atoms with Crippen molar-refractivity contribution in [2.24, 2.45) is 0 Å². The zero-order valence-corrected chi connectivity index (χ0v) is 9.47. The van der Waals surface area contributed by atoms with Crippen molar-refractivity contribution in [1.82, 2.24) is 0 Å². The molecule has 0 fully saturated rings. The Morgan fingerprint density at radius 1 is 1.17 bits per heavy atom. The second kappa shape index (κ2) is 4.68. The van der Waals surface area contributed by atoms with Gasteiger partial charge in [-0.25, -0.2) is 13.2 Å². The monoisotopic (exact) mass is 254 g/mol. The second-order valence-corrected chi connectivity index (χ2v) is 3.89. The number of Topliss-reactive ketones (excluding diaryl/α,β-unsaturated/α-hetero) is 1. The van der Waals surface area contributed by atoms with Gasteiger partial charge < -0.3 is 4.42 Å². The Balaban J connectivity index is 2.43. The van der Waals surface area contributed by atoms with E-state index in [-0.39, 0.29) is 18.0 Å². The van der Waals surface area contributed by atoms with E-state index in [0.29, 0.717) is 17.9 Å². The average molecular weight is 254 g/mol. The van der Waals surface area contributed by atoms with Crippen molar-refractivity contribution >= 4 is 5.78 Å². The van der Waals surface area contributed by atoms with Crippen molar-refractivity contribution in [2.75, 3.05) is 0 Å². The highest BCUT2D eigenvalue weighted by molar-refractivity contribution is 5.77. The maximum absolute atomic E-state index is 13.5. The Labute approximate surface area is 101 Å². The molecule has 2 rings (SSSR count). The van der Waals surface area contributed by atoms with Crippen LogP contribution in [0.3, 0.4) is 0 Å². The van der Waals surface area contributed by atoms with Gasteiger partial charge in [0.2, 0.25) is 0 Å². The molecule has 1 heterocycles. The number of rotatable bonds is 3. The fourth-order valence-electron chi connectivity index (χ4n) is 1.63. The first-order chi connectivity index (χ1) is 8.47. The number of carbonyl (C=O) groups excluding carboxylic acids is 1. The van der Waals surface area contributed by atoms with Crippen LogP contribution >= 0.6 is 0 Å². The summed E-state index contributed by atoms with van der Waals surface area (Å²) in [6, 6.07) is 3.95. The predicted octanol–water partition coefficient (Wildman–Crippen LogP) is 3.50. The van der Waals surface area contributed by atoms with E-state index in [1.54, 1.807) is 0 Å². The maximum Gasteiger partial charge on any atom is 0.140 e. The smallest absolute Gasteiger partial charge is 0.140 e. The summed E-state index contributed by atoms with van der Waals surface area (Å²) in [4.78, 5) is 10.9. The first kappa shape index (κ1) is 12.4. The van der Waals surface area contributed by atoms with Gasteiger partial charge in [0.25, 0.3) is 0 Å². The van der Waals surface area contributed by atoms with Crippen LogP contribution in [0.4, 0.5) is 13.2 Å². The van der Waals surface area contributed by atoms with Gasteiger partial charge in [0.1, 0.15) is 34.8 Å². The van der Waals surface area contributed by atoms with Gasteiger partial charge in [0.05, 0.1) is 12.0 Å². The van der Waals surface area contributed by atoms with Crippen molar-refractivity contribution in [3.63, 3.8) is 0 Å². The van der Waals surface area contributed by atoms with Crippen LogP contribution < -0.4 is 0 Å². The van der Waals surface area contributed by atoms with E-state index in [1.165, 1.54) is 19.1 Å². The molecule has 2 aromatic rings. The molecule has 0 aliphatic rings. The molecule has 94 valence electrons. The summed E-state index contributed by atoms with van der Waals surface area (Å²) < 4.78 is 44.8. The molecule has 1 aromatic heterocycles. The number of hydrogen-bond acceptors (Lipinski definition) is 2. The van der Waals surface area contributed by atoms with Crippen LogP contribution in [-0.2, 0) is 11.2 Å². The minimum Gasteiger partial charge on any atom is -0.460 e. The fraction of sp³-hybridized carbons (Fsp3) is 0.154. The molecule has 0 amide bonds. The summed E-state index contributed by atoms with van der Waals surface area (Å²) in [5.74, 6) is -2.98. The minimum absolute atomic E-state index is 0.0461. The normalized spacial score (nSPS) is 10.7. The van der Waals surface area contributed by atoms with Gasteiger partial charge in [0.15, 0.2) is 0 Å². The Bertz CT molecular complexity index is 579. The van der Waals surface area contributed by atoms with E-state index in [9.17, 15) is 18.0 Å². The number of hydrogen-bond donors (Lipinski definition) is 0. The Morgan fingerprint density at radius 2 is 1.78 bits per heavy atom. The molecule has 0 aliphatic heterocycles. The molecular formula is C13H9F3O2. The van der Waals surface area contributed by atoms with Crippen LogP contribution in [-0.4, -0.2) is 5.78 Å². The Hall–Kier alpha value is -2.04. The fourth-order valence-corrected chi connectivity index (χ4v) is 1.63. The number of halogens is 3. The van der Waals surface area contributed by atoms with Gasteiger partial charge in [-0.2, -0.15) is 0 Å². The van der Waals surface area contributed by atoms with Crippen molar-refractivity contribution in [3.05, 3.63) is 47.5 Å². The van der Waals surface area contributed by atoms with Gasteiger partial charge in [-0.1, -0.05) is 0 Å². The number of carbonyl (C=O) groups is 1. The Kier molecular flexibility index (Phi) is 3.23. The molecule has 0 bridgehead atoms. The van der Waals surface area contributed by atoms with Gasteiger partial charge in [-0.05, 0) is 19.1 Å². The molecule has 2 nitrogen and oxygen atoms in total. The van der Waals surface area contributed by atoms with E-state index in [1.807, 2.05) is 0 Å². The van der Waals surface area contributed by atoms with Crippen LogP contribution in [0.15, 0.2) is 28.7 Å². The van der Waals surface area contributed by atoms with Gasteiger partial charge in [-0.15, -0.1) is 0 Å². The maximum atomic E-state index is 13.5. The molecule has 0 N–H and O–H groups in total. The topological polar surface area (TPSA) is 30.2 Å². The summed E-state index contributed by atoms with van der Waals surface area (Å²) >= 11 is 0. The van der Waals surface area contributed by atoms with Gasteiger partial charge >= 0.3 is 0 Å². The van der Waals surface area contributed by atoms with Crippen LogP contribution in [0.25, 0.3) is 11.3 Å². The molecule has 0 aliphatic carbocycles. The van der Waals surface area contributed by atoms with Gasteiger partial charge in [-0.3, -0.25) is 4.79 Å². The highest BCUT2D eigenvalue weighted by Gasteiger charge is 2.17. The molecule has 0 saturated heterocycles. The molecule has 18 heavy (non-hydrogen) atoms. The first-order valence-electron chi connectivity index (χ1n) is 5.20. The standard InChI is InChI=1S/C13H9F3O2/c1-7(17)4-9-2-3-12(18-9)13-10(15)5-8(14)6-11(13)16/h2-3,5-6H,4H2,1H3. The summed E-state index contributed by atoms with van der Waals surface area (Å²) in [7, 11) is 0. The molecule has 0 saturated carbocycles. The molecule has 1 aromatic carbocycles. The largest absolute Gasteiger partial charge is 0.460 e. The van der Waals surface area contributed by atoms with E-state index >= 15 is 0 Å². The lowest BCUT2D eigenvalue weighted by atomic mass is 10.1. The quantitative estimate of drug-likeness (QED) is 0.839. The predicted molar refractivity (Wildman–Crippen MR) is 58.4 cm³/mol. The minimum atomic E-state index is -1.05. The van der Waals surface area contributed by atoms with E-state index < -0.39 is 23.0 Å². The molecule has 0 spiro atoms. The van der Waals surface area contributed by atoms with Crippen molar-refractivity contribution in [3.8, 4) is 11.3 Å². The summed E-state index contributed by atoms with van der Waals surface area (Å²) in [6.07, 6.45) is 0.0461. The zero-order valence-electron chi connectivity index (χ0n) is 9.47. The van der Waals surface area contributed by atoms with Crippen molar-refractivity contribution in [1.29, 1.82) is 0 Å². The lowest BCUT2D eigenvalue weighted by molar-refractivity contribution is -0.116. The lowest BCUT2D eigenvalue weighted by Gasteiger charge is -2.02. The molecular weight excluding hydrogens is 245 g/mol. The third-order valence-electron chi connectivity index (χ3n) is 2.34. The van der Waals surface area contributed by atoms with Crippen LogP contribution in [0, 0.1) is 17.5 Å². The van der Waals surface area contributed by atoms with Crippen LogP contribution in [0.5, 0.6) is 0 Å². The molecule has 0 atom stereocenters.